The first-order valence-electron chi connectivity index (χ1n) is 3.04. The lowest BCUT2D eigenvalue weighted by Crippen LogP contribution is -2.51. The normalized spacial score (nSPS) is 15.1. The Morgan fingerprint density at radius 2 is 2.18 bits per heavy atom. The molecule has 0 aliphatic rings. The summed E-state index contributed by atoms with van der Waals surface area (Å²) in [6, 6.07) is -1.58. The molecule has 0 aromatic rings. The summed E-state index contributed by atoms with van der Waals surface area (Å²) >= 11 is 0. The predicted octanol–water partition coefficient (Wildman–Crippen LogP) is -1.73. The van der Waals surface area contributed by atoms with Gasteiger partial charge in [0.15, 0.2) is 5.96 Å². The van der Waals surface area contributed by atoms with Gasteiger partial charge in [-0.25, -0.2) is 0 Å². The number of carbonyl (C=O) groups is 1. The third kappa shape index (κ3) is 3.41. The molecule has 0 saturated heterocycles. The van der Waals surface area contributed by atoms with Crippen LogP contribution in [-0.4, -0.2) is 29.1 Å². The van der Waals surface area contributed by atoms with Crippen LogP contribution in [0.25, 0.3) is 0 Å². The van der Waals surface area contributed by atoms with Crippen molar-refractivity contribution in [2.75, 3.05) is 0 Å². The summed E-state index contributed by atoms with van der Waals surface area (Å²) in [5.74, 6) is -1.40. The van der Waals surface area contributed by atoms with Gasteiger partial charge in [-0.3, -0.25) is 10.2 Å². The fourth-order valence-corrected chi connectivity index (χ4v) is 0.549. The van der Waals surface area contributed by atoms with Gasteiger partial charge in [-0.15, -0.1) is 0 Å². The van der Waals surface area contributed by atoms with Gasteiger partial charge in [0.1, 0.15) is 6.04 Å². The molecule has 7 N–H and O–H groups in total. The van der Waals surface area contributed by atoms with Crippen LogP contribution < -0.4 is 16.8 Å². The molecule has 0 amide bonds. The summed E-state index contributed by atoms with van der Waals surface area (Å²) in [7, 11) is 0. The van der Waals surface area contributed by atoms with E-state index in [0.717, 1.165) is 0 Å². The molecule has 1 unspecified atom stereocenters. The van der Waals surface area contributed by atoms with E-state index in [1.54, 1.807) is 6.92 Å². The molecule has 0 aliphatic heterocycles. The molecule has 0 aliphatic carbocycles. The van der Waals surface area contributed by atoms with Gasteiger partial charge in [-0.05, 0) is 6.92 Å². The number of hydrogen-bond acceptors (Lipinski definition) is 3. The molecule has 0 fully saturated rings. The van der Waals surface area contributed by atoms with E-state index in [1.807, 2.05) is 0 Å². The monoisotopic (exact) mass is 160 g/mol. The minimum absolute atomic E-state index is 0.283. The van der Waals surface area contributed by atoms with E-state index in [9.17, 15) is 4.79 Å². The number of nitrogens with two attached hydrogens (primary N) is 2. The lowest BCUT2D eigenvalue weighted by atomic mass is 10.1. The highest BCUT2D eigenvalue weighted by Gasteiger charge is 2.19. The number of hydrogen-bond donors (Lipinski definition) is 5. The molecule has 6 heteroatoms. The molecule has 0 saturated carbocycles. The van der Waals surface area contributed by atoms with E-state index in [2.05, 4.69) is 5.32 Å². The zero-order valence-corrected chi connectivity index (χ0v) is 6.16. The molecule has 2 atom stereocenters. The Morgan fingerprint density at radius 1 is 1.73 bits per heavy atom. The van der Waals surface area contributed by atoms with Crippen molar-refractivity contribution in [3.05, 3.63) is 0 Å². The van der Waals surface area contributed by atoms with Gasteiger partial charge in [0, 0.05) is 0 Å². The summed E-state index contributed by atoms with van der Waals surface area (Å²) in [5, 5.41) is 17.5. The van der Waals surface area contributed by atoms with Crippen molar-refractivity contribution in [2.24, 2.45) is 11.5 Å². The van der Waals surface area contributed by atoms with Gasteiger partial charge < -0.3 is 21.9 Å². The van der Waals surface area contributed by atoms with Crippen LogP contribution in [0.4, 0.5) is 0 Å². The maximum absolute atomic E-state index is 10.2. The Balaban J connectivity index is 3.92. The second-order valence-electron chi connectivity index (χ2n) is 2.21. The Kier molecular flexibility index (Phi) is 3.32. The molecule has 64 valence electrons. The number of carboxylic acid groups (broad SMARTS) is 1. The van der Waals surface area contributed by atoms with Crippen LogP contribution in [0.15, 0.2) is 0 Å². The van der Waals surface area contributed by atoms with Crippen molar-refractivity contribution in [2.45, 2.75) is 19.0 Å². The van der Waals surface area contributed by atoms with E-state index in [1.165, 1.54) is 0 Å². The molecular formula is C5H12N4O2. The van der Waals surface area contributed by atoms with Crippen molar-refractivity contribution < 1.29 is 9.90 Å². The zero-order valence-electron chi connectivity index (χ0n) is 6.16. The molecule has 0 radical (unpaired) electrons. The number of carboxylic acids is 1. The molecule has 0 bridgehead atoms. The van der Waals surface area contributed by atoms with Crippen molar-refractivity contribution >= 4 is 11.9 Å². The van der Waals surface area contributed by atoms with Crippen LogP contribution in [0.3, 0.4) is 0 Å². The third-order valence-corrected chi connectivity index (χ3v) is 1.21. The fraction of sp³-hybridized carbons (Fsp3) is 0.600. The van der Waals surface area contributed by atoms with Crippen LogP contribution in [0.2, 0.25) is 0 Å². The number of rotatable bonds is 3. The summed E-state index contributed by atoms with van der Waals surface area (Å²) < 4.78 is 0. The van der Waals surface area contributed by atoms with Crippen molar-refractivity contribution in [1.82, 2.24) is 5.32 Å². The first-order chi connectivity index (χ1) is 4.95. The molecule has 0 rings (SSSR count). The van der Waals surface area contributed by atoms with E-state index >= 15 is 0 Å². The number of guanidine groups is 1. The van der Waals surface area contributed by atoms with E-state index in [4.69, 9.17) is 22.0 Å². The maximum Gasteiger partial charge on any atom is 0.322 e. The van der Waals surface area contributed by atoms with Crippen molar-refractivity contribution in [3.63, 3.8) is 0 Å². The topological polar surface area (TPSA) is 125 Å². The van der Waals surface area contributed by atoms with E-state index in [-0.39, 0.29) is 5.96 Å². The minimum atomic E-state index is -1.12. The van der Waals surface area contributed by atoms with Crippen molar-refractivity contribution in [3.8, 4) is 0 Å². The Morgan fingerprint density at radius 3 is 2.45 bits per heavy atom. The van der Waals surface area contributed by atoms with Crippen LogP contribution in [0, 0.1) is 5.41 Å². The first-order valence-corrected chi connectivity index (χ1v) is 3.04. The third-order valence-electron chi connectivity index (χ3n) is 1.21. The Hall–Kier alpha value is -1.30. The van der Waals surface area contributed by atoms with Gasteiger partial charge in [0.2, 0.25) is 0 Å². The van der Waals surface area contributed by atoms with E-state index in [0.29, 0.717) is 0 Å². The van der Waals surface area contributed by atoms with E-state index < -0.39 is 18.1 Å². The van der Waals surface area contributed by atoms with Gasteiger partial charge in [0.25, 0.3) is 0 Å². The number of nitrogens with one attached hydrogen (secondary N) is 2. The van der Waals surface area contributed by atoms with Gasteiger partial charge in [0.05, 0.1) is 6.04 Å². The number of aliphatic carboxylic acids is 1. The van der Waals surface area contributed by atoms with Gasteiger partial charge in [-0.1, -0.05) is 0 Å². The highest BCUT2D eigenvalue weighted by Crippen LogP contribution is 1.87. The molecule has 6 nitrogen and oxygen atoms in total. The molecular weight excluding hydrogens is 148 g/mol. The first kappa shape index (κ1) is 9.70. The molecule has 0 heterocycles. The highest BCUT2D eigenvalue weighted by atomic mass is 16.4. The summed E-state index contributed by atoms with van der Waals surface area (Å²) in [4.78, 5) is 10.2. The fourth-order valence-electron chi connectivity index (χ4n) is 0.549. The highest BCUT2D eigenvalue weighted by molar-refractivity contribution is 5.78. The standard InChI is InChI=1S/C5H12N4O2/c1-2(9-5(7)8)3(6)4(10)11/h2-3H,6H2,1H3,(H,10,11)(H4,7,8,9)/t2?,3-/m1/s1. The van der Waals surface area contributed by atoms with Crippen LogP contribution in [0.5, 0.6) is 0 Å². The zero-order chi connectivity index (χ0) is 9.02. The second-order valence-corrected chi connectivity index (χ2v) is 2.21. The summed E-state index contributed by atoms with van der Waals surface area (Å²) in [5.41, 5.74) is 10.1. The maximum atomic E-state index is 10.2. The van der Waals surface area contributed by atoms with Gasteiger partial charge in [-0.2, -0.15) is 0 Å². The SMILES string of the molecule is CC(NC(=N)N)[C@@H](N)C(=O)O. The molecule has 0 aromatic heterocycles. The second kappa shape index (κ2) is 3.77. The molecule has 0 spiro atoms. The predicted molar refractivity (Wildman–Crippen MR) is 40.1 cm³/mol. The average molecular weight is 160 g/mol. The van der Waals surface area contributed by atoms with Gasteiger partial charge >= 0.3 is 5.97 Å². The van der Waals surface area contributed by atoms with Crippen LogP contribution in [0.1, 0.15) is 6.92 Å². The Bertz CT molecular complexity index is 170. The quantitative estimate of drug-likeness (QED) is 0.248. The molecule has 11 heavy (non-hydrogen) atoms. The summed E-state index contributed by atoms with van der Waals surface area (Å²) in [6.45, 7) is 1.54. The summed E-state index contributed by atoms with van der Waals surface area (Å²) in [6.07, 6.45) is 0. The Labute approximate surface area is 64.1 Å². The molecule has 0 aromatic carbocycles. The largest absolute Gasteiger partial charge is 0.480 e. The average Bonchev–Trinajstić information content (AvgIpc) is 1.84. The van der Waals surface area contributed by atoms with Crippen LogP contribution >= 0.6 is 0 Å². The lowest BCUT2D eigenvalue weighted by Gasteiger charge is -2.16. The smallest absolute Gasteiger partial charge is 0.322 e. The minimum Gasteiger partial charge on any atom is -0.480 e. The van der Waals surface area contributed by atoms with Crippen LogP contribution in [-0.2, 0) is 4.79 Å². The van der Waals surface area contributed by atoms with Crippen molar-refractivity contribution in [1.29, 1.82) is 5.41 Å². The lowest BCUT2D eigenvalue weighted by molar-refractivity contribution is -0.139.